The first-order chi connectivity index (χ1) is 13.9. The molecule has 1 heterocycles. The highest BCUT2D eigenvalue weighted by Gasteiger charge is 2.69. The Morgan fingerprint density at radius 2 is 1.93 bits per heavy atom. The number of nitrogens with zero attached hydrogens (tertiary/aromatic N) is 2. The van der Waals surface area contributed by atoms with E-state index in [1.165, 1.54) is 7.11 Å². The van der Waals surface area contributed by atoms with Crippen LogP contribution in [0.4, 0.5) is 13.2 Å². The Morgan fingerprint density at radius 3 is 2.47 bits per heavy atom. The number of hydrogen-bond donors (Lipinski definition) is 1. The van der Waals surface area contributed by atoms with Gasteiger partial charge in [-0.05, 0) is 48.3 Å². The van der Waals surface area contributed by atoms with Crippen molar-refractivity contribution in [1.82, 2.24) is 5.01 Å². The van der Waals surface area contributed by atoms with Gasteiger partial charge in [-0.2, -0.15) is 23.3 Å². The Labute approximate surface area is 174 Å². The number of ether oxygens (including phenoxy) is 1. The molecule has 166 valence electrons. The summed E-state index contributed by atoms with van der Waals surface area (Å²) in [6, 6.07) is 6.48. The number of methoxy groups -OCH3 is 1. The molecule has 1 fully saturated rings. The topological polar surface area (TPSA) is 62.1 Å². The summed E-state index contributed by atoms with van der Waals surface area (Å²) in [5, 5.41) is 15.2. The normalized spacial score (nSPS) is 26.9. The molecule has 0 unspecified atom stereocenters. The molecule has 3 rings (SSSR count). The van der Waals surface area contributed by atoms with Crippen LogP contribution in [0.1, 0.15) is 52.0 Å². The molecule has 1 N–H and O–H groups in total. The molecular formula is C22H29F3N2O3. The van der Waals surface area contributed by atoms with Crippen molar-refractivity contribution in [1.29, 1.82) is 0 Å². The van der Waals surface area contributed by atoms with Gasteiger partial charge in [0.25, 0.3) is 5.72 Å². The number of carbonyl (C=O) groups excluding carboxylic acids is 1. The average Bonchev–Trinajstić information content (AvgIpc) is 3.02. The van der Waals surface area contributed by atoms with Gasteiger partial charge in [-0.1, -0.05) is 39.3 Å². The number of hydrogen-bond acceptors (Lipinski definition) is 4. The number of hydrazone groups is 1. The van der Waals surface area contributed by atoms with E-state index >= 15 is 0 Å². The van der Waals surface area contributed by atoms with Gasteiger partial charge in [0.15, 0.2) is 0 Å². The molecule has 0 saturated heterocycles. The smallest absolute Gasteiger partial charge is 0.439 e. The van der Waals surface area contributed by atoms with E-state index in [0.29, 0.717) is 29.2 Å². The van der Waals surface area contributed by atoms with Gasteiger partial charge in [-0.25, -0.2) is 0 Å². The largest absolute Gasteiger partial charge is 0.497 e. The van der Waals surface area contributed by atoms with Gasteiger partial charge in [0.05, 0.1) is 19.4 Å². The zero-order chi connectivity index (χ0) is 22.3. The molecule has 1 aliphatic heterocycles. The van der Waals surface area contributed by atoms with Crippen molar-refractivity contribution in [2.24, 2.45) is 22.4 Å². The van der Waals surface area contributed by atoms with Crippen molar-refractivity contribution in [3.63, 3.8) is 0 Å². The van der Waals surface area contributed by atoms with Gasteiger partial charge in [0.2, 0.25) is 5.91 Å². The van der Waals surface area contributed by atoms with Gasteiger partial charge in [0.1, 0.15) is 5.75 Å². The maximum atomic E-state index is 14.1. The fraction of sp³-hybridized carbons (Fsp3) is 0.636. The summed E-state index contributed by atoms with van der Waals surface area (Å²) in [5.41, 5.74) is -2.68. The minimum Gasteiger partial charge on any atom is -0.497 e. The molecule has 0 radical (unpaired) electrons. The number of amides is 1. The number of alkyl halides is 3. The third-order valence-electron chi connectivity index (χ3n) is 6.89. The van der Waals surface area contributed by atoms with Gasteiger partial charge in [-0.3, -0.25) is 4.79 Å². The summed E-state index contributed by atoms with van der Waals surface area (Å²) in [6.45, 7) is 6.08. The maximum absolute atomic E-state index is 14.1. The van der Waals surface area contributed by atoms with Crippen molar-refractivity contribution in [3.05, 3.63) is 29.8 Å². The number of carbonyl (C=O) groups is 1. The van der Waals surface area contributed by atoms with Gasteiger partial charge in [0, 0.05) is 5.71 Å². The van der Waals surface area contributed by atoms with Crippen LogP contribution in [0.3, 0.4) is 0 Å². The predicted octanol–water partition coefficient (Wildman–Crippen LogP) is 4.54. The van der Waals surface area contributed by atoms with E-state index in [-0.39, 0.29) is 29.9 Å². The van der Waals surface area contributed by atoms with Crippen molar-refractivity contribution >= 4 is 11.6 Å². The Balaban J connectivity index is 1.89. The third-order valence-corrected chi connectivity index (χ3v) is 6.89. The minimum atomic E-state index is -5.02. The first kappa shape index (κ1) is 22.6. The summed E-state index contributed by atoms with van der Waals surface area (Å²) in [6.07, 6.45) is -3.29. The highest BCUT2D eigenvalue weighted by molar-refractivity contribution is 5.93. The Morgan fingerprint density at radius 1 is 1.30 bits per heavy atom. The lowest BCUT2D eigenvalue weighted by Gasteiger charge is -2.43. The lowest BCUT2D eigenvalue weighted by atomic mass is 9.64. The summed E-state index contributed by atoms with van der Waals surface area (Å²) < 4.78 is 47.5. The summed E-state index contributed by atoms with van der Waals surface area (Å²) in [5.74, 6) is -1.53. The number of rotatable bonds is 5. The molecule has 5 nitrogen and oxygen atoms in total. The van der Waals surface area contributed by atoms with Crippen LogP contribution in [-0.4, -0.2) is 40.7 Å². The molecule has 8 heteroatoms. The quantitative estimate of drug-likeness (QED) is 0.752. The molecule has 1 aromatic rings. The minimum absolute atomic E-state index is 0.0111. The second-order valence-corrected chi connectivity index (χ2v) is 8.91. The molecule has 30 heavy (non-hydrogen) atoms. The zero-order valence-electron chi connectivity index (χ0n) is 17.8. The van der Waals surface area contributed by atoms with E-state index in [9.17, 15) is 23.1 Å². The van der Waals surface area contributed by atoms with Crippen LogP contribution in [0.25, 0.3) is 0 Å². The SMILES string of the molecule is CCC(C)(C)[C@@H]1CCC2=NN(C(=O)Cc3ccc(OC)cc3)[C@](O)(C(F)(F)F)[C@@H]2C1. The number of benzene rings is 1. The lowest BCUT2D eigenvalue weighted by Crippen LogP contribution is -2.62. The summed E-state index contributed by atoms with van der Waals surface area (Å²) in [4.78, 5) is 12.8. The van der Waals surface area contributed by atoms with Crippen LogP contribution in [0.5, 0.6) is 5.75 Å². The molecule has 0 bridgehead atoms. The van der Waals surface area contributed by atoms with Crippen molar-refractivity contribution < 1.29 is 27.8 Å². The molecular weight excluding hydrogens is 397 g/mol. The van der Waals surface area contributed by atoms with E-state index < -0.39 is 23.7 Å². The van der Waals surface area contributed by atoms with Crippen LogP contribution < -0.4 is 4.74 Å². The molecule has 1 saturated carbocycles. The number of fused-ring (bicyclic) bond motifs is 1. The lowest BCUT2D eigenvalue weighted by molar-refractivity contribution is -0.318. The molecule has 1 amide bonds. The number of aliphatic hydroxyl groups is 1. The molecule has 3 atom stereocenters. The Kier molecular flexibility index (Phi) is 5.93. The monoisotopic (exact) mass is 426 g/mol. The second-order valence-electron chi connectivity index (χ2n) is 8.91. The van der Waals surface area contributed by atoms with Crippen molar-refractivity contribution in [2.75, 3.05) is 7.11 Å². The first-order valence-corrected chi connectivity index (χ1v) is 10.3. The van der Waals surface area contributed by atoms with Gasteiger partial charge >= 0.3 is 6.18 Å². The van der Waals surface area contributed by atoms with E-state index in [0.717, 1.165) is 6.42 Å². The predicted molar refractivity (Wildman–Crippen MR) is 107 cm³/mol. The molecule has 0 spiro atoms. The second kappa shape index (κ2) is 7.87. The van der Waals surface area contributed by atoms with Crippen LogP contribution >= 0.6 is 0 Å². The Hall–Kier alpha value is -2.09. The molecule has 1 aliphatic carbocycles. The molecule has 2 aliphatic rings. The van der Waals surface area contributed by atoms with Crippen LogP contribution in [-0.2, 0) is 11.2 Å². The van der Waals surface area contributed by atoms with Crippen LogP contribution in [0.2, 0.25) is 0 Å². The van der Waals surface area contributed by atoms with Crippen LogP contribution in [0.15, 0.2) is 29.4 Å². The zero-order valence-corrected chi connectivity index (χ0v) is 17.8. The fourth-order valence-corrected chi connectivity index (χ4v) is 4.46. The van der Waals surface area contributed by atoms with E-state index in [2.05, 4.69) is 5.10 Å². The third kappa shape index (κ3) is 3.82. The van der Waals surface area contributed by atoms with Crippen molar-refractivity contribution in [3.8, 4) is 5.75 Å². The van der Waals surface area contributed by atoms with Crippen molar-refractivity contribution in [2.45, 2.75) is 64.8 Å². The van der Waals surface area contributed by atoms with E-state index in [4.69, 9.17) is 4.74 Å². The summed E-state index contributed by atoms with van der Waals surface area (Å²) in [7, 11) is 1.50. The number of halogens is 3. The highest BCUT2D eigenvalue weighted by Crippen LogP contribution is 2.52. The van der Waals surface area contributed by atoms with Crippen LogP contribution in [0, 0.1) is 17.3 Å². The molecule has 1 aromatic carbocycles. The standard InChI is InChI=1S/C22H29F3N2O3/c1-5-20(2,3)15-8-11-18-17(13-15)21(29,22(23,24)25)27(26-18)19(28)12-14-6-9-16(30-4)10-7-14/h6-7,9-10,15,17,29H,5,8,11-13H2,1-4H3/t15-,17-,21-/m1/s1. The van der Waals surface area contributed by atoms with Gasteiger partial charge in [-0.15, -0.1) is 0 Å². The first-order valence-electron chi connectivity index (χ1n) is 10.3. The van der Waals surface area contributed by atoms with E-state index in [1.54, 1.807) is 24.3 Å². The highest BCUT2D eigenvalue weighted by atomic mass is 19.4. The average molecular weight is 426 g/mol. The molecule has 0 aromatic heterocycles. The fourth-order valence-electron chi connectivity index (χ4n) is 4.46. The summed E-state index contributed by atoms with van der Waals surface area (Å²) >= 11 is 0. The van der Waals surface area contributed by atoms with E-state index in [1.807, 2.05) is 20.8 Å². The maximum Gasteiger partial charge on any atom is 0.439 e. The van der Waals surface area contributed by atoms with Gasteiger partial charge < -0.3 is 9.84 Å². The Bertz CT molecular complexity index is 820.